The first-order chi connectivity index (χ1) is 13.1. The van der Waals surface area contributed by atoms with E-state index in [0.717, 1.165) is 11.4 Å². The molecule has 10 heteroatoms. The van der Waals surface area contributed by atoms with E-state index in [2.05, 4.69) is 30.8 Å². The summed E-state index contributed by atoms with van der Waals surface area (Å²) in [5.74, 6) is 2.61. The molecule has 3 N–H and O–H groups in total. The Balaban J connectivity index is 0.00000280. The third-order valence-corrected chi connectivity index (χ3v) is 4.50. The van der Waals surface area contributed by atoms with Gasteiger partial charge in [-0.1, -0.05) is 29.3 Å². The standard InChI is InChI=1S/C18H20Cl2N6O.HI/c1-11(13-6-5-12(19)10-14(13)20)23-18(21-2)22-8-7-16-24-17(26-25-16)15-4-3-9-27-15;/h3-6,9-11H,7-8H2,1-2H3,(H2,21,22,23)(H,24,25,26);1H. The van der Waals surface area contributed by atoms with Crippen LogP contribution in [0.25, 0.3) is 11.6 Å². The molecule has 2 aromatic heterocycles. The van der Waals surface area contributed by atoms with Gasteiger partial charge in [-0.15, -0.1) is 24.0 Å². The molecular weight excluding hydrogens is 514 g/mol. The highest BCUT2D eigenvalue weighted by Gasteiger charge is 2.12. The second-order valence-corrected chi connectivity index (χ2v) is 6.71. The molecule has 0 saturated heterocycles. The smallest absolute Gasteiger partial charge is 0.216 e. The second kappa shape index (κ2) is 10.7. The van der Waals surface area contributed by atoms with E-state index in [1.54, 1.807) is 25.4 Å². The topological polar surface area (TPSA) is 91.1 Å². The van der Waals surface area contributed by atoms with Gasteiger partial charge in [0.1, 0.15) is 5.82 Å². The number of furan rings is 1. The first-order valence-electron chi connectivity index (χ1n) is 8.44. The number of halogens is 3. The predicted molar refractivity (Wildman–Crippen MR) is 123 cm³/mol. The van der Waals surface area contributed by atoms with Crippen LogP contribution in [-0.2, 0) is 6.42 Å². The molecule has 0 aliphatic carbocycles. The largest absolute Gasteiger partial charge is 0.461 e. The number of guanidine groups is 1. The van der Waals surface area contributed by atoms with Crippen molar-refractivity contribution in [3.63, 3.8) is 0 Å². The molecule has 3 aromatic rings. The van der Waals surface area contributed by atoms with Crippen molar-refractivity contribution in [3.05, 3.63) is 58.0 Å². The van der Waals surface area contributed by atoms with Crippen molar-refractivity contribution < 1.29 is 4.42 Å². The number of aromatic nitrogens is 3. The third-order valence-electron chi connectivity index (χ3n) is 3.93. The number of nitrogens with zero attached hydrogens (tertiary/aromatic N) is 3. The summed E-state index contributed by atoms with van der Waals surface area (Å²) in [5.41, 5.74) is 0.947. The van der Waals surface area contributed by atoms with Crippen LogP contribution < -0.4 is 10.6 Å². The highest BCUT2D eigenvalue weighted by atomic mass is 127. The molecule has 28 heavy (non-hydrogen) atoms. The molecule has 0 saturated carbocycles. The van der Waals surface area contributed by atoms with Gasteiger partial charge in [0.15, 0.2) is 11.7 Å². The molecule has 0 amide bonds. The van der Waals surface area contributed by atoms with E-state index in [1.165, 1.54) is 0 Å². The van der Waals surface area contributed by atoms with Gasteiger partial charge >= 0.3 is 0 Å². The maximum absolute atomic E-state index is 6.27. The summed E-state index contributed by atoms with van der Waals surface area (Å²) < 4.78 is 5.29. The molecular formula is C18H21Cl2IN6O. The molecule has 7 nitrogen and oxygen atoms in total. The molecule has 0 aliphatic rings. The van der Waals surface area contributed by atoms with Crippen molar-refractivity contribution in [2.75, 3.05) is 13.6 Å². The lowest BCUT2D eigenvalue weighted by atomic mass is 10.1. The molecule has 1 unspecified atom stereocenters. The zero-order chi connectivity index (χ0) is 19.2. The molecule has 1 atom stereocenters. The Bertz CT molecular complexity index is 913. The van der Waals surface area contributed by atoms with E-state index >= 15 is 0 Å². The van der Waals surface area contributed by atoms with Gasteiger partial charge in [0.2, 0.25) is 5.82 Å². The summed E-state index contributed by atoms with van der Waals surface area (Å²) in [6, 6.07) is 9.04. The number of H-pyrrole nitrogens is 1. The Kier molecular flexibility index (Phi) is 8.58. The minimum Gasteiger partial charge on any atom is -0.461 e. The summed E-state index contributed by atoms with van der Waals surface area (Å²) >= 11 is 12.2. The fourth-order valence-corrected chi connectivity index (χ4v) is 3.12. The van der Waals surface area contributed by atoms with Crippen molar-refractivity contribution in [1.29, 1.82) is 0 Å². The maximum atomic E-state index is 6.27. The maximum Gasteiger partial charge on any atom is 0.216 e. The molecule has 0 fully saturated rings. The van der Waals surface area contributed by atoms with Crippen LogP contribution in [0.5, 0.6) is 0 Å². The second-order valence-electron chi connectivity index (χ2n) is 5.86. The van der Waals surface area contributed by atoms with Crippen LogP contribution >= 0.6 is 47.2 Å². The molecule has 0 aliphatic heterocycles. The van der Waals surface area contributed by atoms with Gasteiger partial charge in [-0.2, -0.15) is 5.10 Å². The first-order valence-corrected chi connectivity index (χ1v) is 9.19. The number of aromatic amines is 1. The third kappa shape index (κ3) is 5.86. The molecule has 0 radical (unpaired) electrons. The van der Waals surface area contributed by atoms with Crippen LogP contribution in [0.2, 0.25) is 10.0 Å². The van der Waals surface area contributed by atoms with E-state index < -0.39 is 0 Å². The van der Waals surface area contributed by atoms with Crippen molar-refractivity contribution in [2.24, 2.45) is 4.99 Å². The van der Waals surface area contributed by atoms with Gasteiger partial charge in [-0.3, -0.25) is 10.1 Å². The highest BCUT2D eigenvalue weighted by molar-refractivity contribution is 14.0. The normalized spacial score (nSPS) is 12.4. The van der Waals surface area contributed by atoms with Crippen LogP contribution in [0.3, 0.4) is 0 Å². The summed E-state index contributed by atoms with van der Waals surface area (Å²) in [7, 11) is 1.72. The minimum atomic E-state index is -0.0307. The monoisotopic (exact) mass is 534 g/mol. The van der Waals surface area contributed by atoms with Gasteiger partial charge in [0.05, 0.1) is 12.3 Å². The van der Waals surface area contributed by atoms with Crippen molar-refractivity contribution in [2.45, 2.75) is 19.4 Å². The fourth-order valence-electron chi connectivity index (χ4n) is 2.55. The lowest BCUT2D eigenvalue weighted by Gasteiger charge is -2.19. The lowest BCUT2D eigenvalue weighted by molar-refractivity contribution is 0.577. The van der Waals surface area contributed by atoms with Crippen LogP contribution in [0.15, 0.2) is 46.0 Å². The number of hydrogen-bond donors (Lipinski definition) is 3. The highest BCUT2D eigenvalue weighted by Crippen LogP contribution is 2.26. The van der Waals surface area contributed by atoms with E-state index in [4.69, 9.17) is 27.6 Å². The van der Waals surface area contributed by atoms with Gasteiger partial charge in [0, 0.05) is 30.1 Å². The number of hydrogen-bond acceptors (Lipinski definition) is 4. The summed E-state index contributed by atoms with van der Waals surface area (Å²) in [4.78, 5) is 8.65. The Hall–Kier alpha value is -1.78. The van der Waals surface area contributed by atoms with Crippen LogP contribution in [-0.4, -0.2) is 34.7 Å². The number of aliphatic imine (C=N–C) groups is 1. The van der Waals surface area contributed by atoms with E-state index in [0.29, 0.717) is 40.6 Å². The summed E-state index contributed by atoms with van der Waals surface area (Å²) in [6.07, 6.45) is 2.25. The van der Waals surface area contributed by atoms with E-state index in [1.807, 2.05) is 25.1 Å². The van der Waals surface area contributed by atoms with Gasteiger partial charge in [0.25, 0.3) is 0 Å². The average molecular weight is 535 g/mol. The summed E-state index contributed by atoms with van der Waals surface area (Å²) in [6.45, 7) is 2.64. The van der Waals surface area contributed by atoms with Crippen molar-refractivity contribution in [1.82, 2.24) is 25.8 Å². The molecule has 2 heterocycles. The lowest BCUT2D eigenvalue weighted by Crippen LogP contribution is -2.39. The zero-order valence-corrected chi connectivity index (χ0v) is 19.2. The van der Waals surface area contributed by atoms with Crippen molar-refractivity contribution in [3.8, 4) is 11.6 Å². The Morgan fingerprint density at radius 3 is 2.82 bits per heavy atom. The quantitative estimate of drug-likeness (QED) is 0.247. The van der Waals surface area contributed by atoms with E-state index in [-0.39, 0.29) is 30.0 Å². The Morgan fingerprint density at radius 2 is 2.14 bits per heavy atom. The average Bonchev–Trinajstić information content (AvgIpc) is 3.32. The van der Waals surface area contributed by atoms with E-state index in [9.17, 15) is 0 Å². The first kappa shape index (κ1) is 22.5. The molecule has 0 spiro atoms. The zero-order valence-electron chi connectivity index (χ0n) is 15.4. The van der Waals surface area contributed by atoms with Crippen LogP contribution in [0.4, 0.5) is 0 Å². The molecule has 1 aromatic carbocycles. The number of nitrogens with one attached hydrogen (secondary N) is 3. The number of benzene rings is 1. The SMILES string of the molecule is CN=C(NCCc1nc(-c2ccco2)n[nH]1)NC(C)c1ccc(Cl)cc1Cl.I. The van der Waals surface area contributed by atoms with Crippen LogP contribution in [0.1, 0.15) is 24.4 Å². The van der Waals surface area contributed by atoms with Gasteiger partial charge in [-0.05, 0) is 36.8 Å². The molecule has 0 bridgehead atoms. The van der Waals surface area contributed by atoms with Gasteiger partial charge < -0.3 is 15.1 Å². The van der Waals surface area contributed by atoms with Crippen molar-refractivity contribution >= 4 is 53.1 Å². The molecule has 3 rings (SSSR count). The van der Waals surface area contributed by atoms with Crippen LogP contribution in [0, 0.1) is 0 Å². The minimum absolute atomic E-state index is 0. The molecule has 150 valence electrons. The Morgan fingerprint density at radius 1 is 1.32 bits per heavy atom. The predicted octanol–water partition coefficient (Wildman–Crippen LogP) is 4.46. The number of rotatable bonds is 6. The summed E-state index contributed by atoms with van der Waals surface area (Å²) in [5, 5.41) is 14.9. The Labute approximate surface area is 190 Å². The fraction of sp³-hybridized carbons (Fsp3) is 0.278. The van der Waals surface area contributed by atoms with Gasteiger partial charge in [-0.25, -0.2) is 4.98 Å².